The van der Waals surface area contributed by atoms with E-state index in [0.717, 1.165) is 5.69 Å². The molecule has 0 aliphatic carbocycles. The molecule has 0 spiro atoms. The van der Waals surface area contributed by atoms with E-state index in [9.17, 15) is 14.4 Å². The Balaban J connectivity index is 2.12. The van der Waals surface area contributed by atoms with Crippen molar-refractivity contribution in [3.05, 3.63) is 23.8 Å². The molecular weight excluding hydrogens is 336 g/mol. The van der Waals surface area contributed by atoms with E-state index >= 15 is 0 Å². The van der Waals surface area contributed by atoms with E-state index in [0.29, 0.717) is 17.9 Å². The van der Waals surface area contributed by atoms with Crippen molar-refractivity contribution in [3.63, 3.8) is 0 Å². The van der Waals surface area contributed by atoms with Crippen LogP contribution in [0.3, 0.4) is 0 Å². The number of fused-ring (bicyclic) bond motifs is 1. The minimum Gasteiger partial charge on any atom is -0.489 e. The highest BCUT2D eigenvalue weighted by Gasteiger charge is 2.29. The van der Waals surface area contributed by atoms with Gasteiger partial charge >= 0.3 is 0 Å². The second kappa shape index (κ2) is 8.07. The van der Waals surface area contributed by atoms with Crippen LogP contribution in [0.15, 0.2) is 18.2 Å². The van der Waals surface area contributed by atoms with Gasteiger partial charge in [-0.3, -0.25) is 14.4 Å². The maximum Gasteiger partial charge on any atom is 0.253 e. The molecule has 1 aromatic rings. The van der Waals surface area contributed by atoms with Crippen LogP contribution in [0.5, 0.6) is 5.75 Å². The SMILES string of the molecule is CNC(=O)CN(C)C(=O)CC1COc2ccc(C(=O)N(C)C)cc2N1C. The topological polar surface area (TPSA) is 82.2 Å². The lowest BCUT2D eigenvalue weighted by atomic mass is 10.1. The summed E-state index contributed by atoms with van der Waals surface area (Å²) in [6.45, 7) is 0.384. The number of anilines is 1. The Labute approximate surface area is 153 Å². The first-order valence-corrected chi connectivity index (χ1v) is 8.40. The first-order valence-electron chi connectivity index (χ1n) is 8.40. The number of nitrogens with one attached hydrogen (secondary N) is 1. The van der Waals surface area contributed by atoms with Crippen LogP contribution in [0.4, 0.5) is 5.69 Å². The normalized spacial score (nSPS) is 15.6. The zero-order valence-electron chi connectivity index (χ0n) is 15.9. The third-order valence-corrected chi connectivity index (χ3v) is 4.47. The number of amides is 3. The Morgan fingerprint density at radius 3 is 2.58 bits per heavy atom. The summed E-state index contributed by atoms with van der Waals surface area (Å²) in [6.07, 6.45) is 0.218. The van der Waals surface area contributed by atoms with Crippen LogP contribution in [0.2, 0.25) is 0 Å². The first kappa shape index (κ1) is 19.6. The summed E-state index contributed by atoms with van der Waals surface area (Å²) in [5.41, 5.74) is 1.34. The largest absolute Gasteiger partial charge is 0.489 e. The number of carbonyl (C=O) groups is 3. The summed E-state index contributed by atoms with van der Waals surface area (Å²) >= 11 is 0. The summed E-state index contributed by atoms with van der Waals surface area (Å²) in [5.74, 6) is 0.235. The lowest BCUT2D eigenvalue weighted by molar-refractivity contribution is -0.135. The van der Waals surface area contributed by atoms with Gasteiger partial charge in [-0.1, -0.05) is 0 Å². The molecule has 1 aromatic carbocycles. The van der Waals surface area contributed by atoms with Crippen LogP contribution in [-0.4, -0.2) is 82.0 Å². The number of hydrogen-bond acceptors (Lipinski definition) is 5. The lowest BCUT2D eigenvalue weighted by Gasteiger charge is -2.36. The van der Waals surface area contributed by atoms with E-state index in [1.165, 1.54) is 16.8 Å². The van der Waals surface area contributed by atoms with Gasteiger partial charge in [0, 0.05) is 40.8 Å². The smallest absolute Gasteiger partial charge is 0.253 e. The fraction of sp³-hybridized carbons (Fsp3) is 0.500. The van der Waals surface area contributed by atoms with Gasteiger partial charge in [0.15, 0.2) is 0 Å². The second-order valence-electron chi connectivity index (χ2n) is 6.58. The minimum atomic E-state index is -0.216. The summed E-state index contributed by atoms with van der Waals surface area (Å²) in [4.78, 5) is 40.9. The minimum absolute atomic E-state index is 0.0185. The Kier molecular flexibility index (Phi) is 6.07. The third kappa shape index (κ3) is 4.25. The molecule has 0 aromatic heterocycles. The van der Waals surface area contributed by atoms with Gasteiger partial charge in [0.25, 0.3) is 5.91 Å². The molecule has 142 valence electrons. The van der Waals surface area contributed by atoms with Crippen LogP contribution in [0.25, 0.3) is 0 Å². The van der Waals surface area contributed by atoms with Gasteiger partial charge in [-0.15, -0.1) is 0 Å². The fourth-order valence-electron chi connectivity index (χ4n) is 2.74. The van der Waals surface area contributed by atoms with Gasteiger partial charge in [-0.2, -0.15) is 0 Å². The van der Waals surface area contributed by atoms with Gasteiger partial charge in [0.1, 0.15) is 12.4 Å². The van der Waals surface area contributed by atoms with E-state index in [2.05, 4.69) is 5.32 Å². The number of carbonyl (C=O) groups excluding carboxylic acids is 3. The van der Waals surface area contributed by atoms with Crippen molar-refractivity contribution in [1.29, 1.82) is 0 Å². The number of benzene rings is 1. The summed E-state index contributed by atoms with van der Waals surface area (Å²) in [6, 6.07) is 5.12. The fourth-order valence-corrected chi connectivity index (χ4v) is 2.74. The zero-order chi connectivity index (χ0) is 19.4. The molecule has 1 heterocycles. The molecule has 8 nitrogen and oxygen atoms in total. The van der Waals surface area contributed by atoms with E-state index in [4.69, 9.17) is 4.74 Å². The number of hydrogen-bond donors (Lipinski definition) is 1. The molecular formula is C18H26N4O4. The molecule has 0 radical (unpaired) electrons. The molecule has 0 bridgehead atoms. The van der Waals surface area contributed by atoms with Gasteiger partial charge in [-0.05, 0) is 18.2 Å². The van der Waals surface area contributed by atoms with Crippen molar-refractivity contribution in [1.82, 2.24) is 15.1 Å². The second-order valence-corrected chi connectivity index (χ2v) is 6.58. The number of nitrogens with zero attached hydrogens (tertiary/aromatic N) is 3. The standard InChI is InChI=1S/C18H26N4O4/c1-19-16(23)10-21(4)17(24)9-13-11-26-15-7-6-12(18(25)20(2)3)8-14(15)22(13)5/h6-8,13H,9-11H2,1-5H3,(H,19,23). The average Bonchev–Trinajstić information content (AvgIpc) is 2.62. The Morgan fingerprint density at radius 2 is 1.96 bits per heavy atom. The van der Waals surface area contributed by atoms with Gasteiger partial charge in [0.05, 0.1) is 24.7 Å². The molecule has 0 saturated heterocycles. The maximum absolute atomic E-state index is 12.4. The summed E-state index contributed by atoms with van der Waals surface area (Å²) in [7, 11) is 8.41. The van der Waals surface area contributed by atoms with Crippen LogP contribution < -0.4 is 15.0 Å². The Bertz CT molecular complexity index is 704. The number of likely N-dealkylation sites (N-methyl/N-ethyl adjacent to an activating group) is 3. The van der Waals surface area contributed by atoms with Crippen LogP contribution in [-0.2, 0) is 9.59 Å². The molecule has 0 saturated carbocycles. The highest BCUT2D eigenvalue weighted by Crippen LogP contribution is 2.34. The van der Waals surface area contributed by atoms with Crippen LogP contribution in [0, 0.1) is 0 Å². The Hall–Kier alpha value is -2.77. The predicted octanol–water partition coefficient (Wildman–Crippen LogP) is 0.180. The molecule has 3 amide bonds. The highest BCUT2D eigenvalue weighted by atomic mass is 16.5. The van der Waals surface area contributed by atoms with E-state index in [1.54, 1.807) is 39.3 Å². The molecule has 0 fully saturated rings. The number of ether oxygens (including phenoxy) is 1. The van der Waals surface area contributed by atoms with Gasteiger partial charge < -0.3 is 24.8 Å². The van der Waals surface area contributed by atoms with Gasteiger partial charge in [-0.25, -0.2) is 0 Å². The Morgan fingerprint density at radius 1 is 1.27 bits per heavy atom. The lowest BCUT2D eigenvalue weighted by Crippen LogP contribution is -2.45. The van der Waals surface area contributed by atoms with E-state index in [1.807, 2.05) is 11.9 Å². The first-order chi connectivity index (χ1) is 12.2. The van der Waals surface area contributed by atoms with Crippen molar-refractivity contribution in [2.45, 2.75) is 12.5 Å². The van der Waals surface area contributed by atoms with Crippen molar-refractivity contribution in [3.8, 4) is 5.75 Å². The summed E-state index contributed by atoms with van der Waals surface area (Å²) < 4.78 is 5.77. The van der Waals surface area contributed by atoms with Gasteiger partial charge in [0.2, 0.25) is 11.8 Å². The summed E-state index contributed by atoms with van der Waals surface area (Å²) in [5, 5.41) is 2.50. The third-order valence-electron chi connectivity index (χ3n) is 4.47. The molecule has 1 N–H and O–H groups in total. The molecule has 1 unspecified atom stereocenters. The van der Waals surface area contributed by atoms with Crippen molar-refractivity contribution >= 4 is 23.4 Å². The predicted molar refractivity (Wildman–Crippen MR) is 98.5 cm³/mol. The molecule has 1 atom stereocenters. The molecule has 2 rings (SSSR count). The van der Waals surface area contributed by atoms with Crippen LogP contribution >= 0.6 is 0 Å². The molecule has 1 aliphatic rings. The highest BCUT2D eigenvalue weighted by molar-refractivity contribution is 5.95. The van der Waals surface area contributed by atoms with E-state index in [-0.39, 0.29) is 36.7 Å². The van der Waals surface area contributed by atoms with Crippen molar-refractivity contribution < 1.29 is 19.1 Å². The average molecular weight is 362 g/mol. The van der Waals surface area contributed by atoms with E-state index < -0.39 is 0 Å². The monoisotopic (exact) mass is 362 g/mol. The zero-order valence-corrected chi connectivity index (χ0v) is 15.9. The number of rotatable bonds is 5. The molecule has 8 heteroatoms. The van der Waals surface area contributed by atoms with Crippen molar-refractivity contribution in [2.24, 2.45) is 0 Å². The van der Waals surface area contributed by atoms with Crippen molar-refractivity contribution in [2.75, 3.05) is 53.3 Å². The maximum atomic E-state index is 12.4. The van der Waals surface area contributed by atoms with Crippen LogP contribution in [0.1, 0.15) is 16.8 Å². The molecule has 26 heavy (non-hydrogen) atoms. The molecule has 1 aliphatic heterocycles. The quantitative estimate of drug-likeness (QED) is 0.808.